The van der Waals surface area contributed by atoms with Gasteiger partial charge in [-0.05, 0) is 11.6 Å². The second-order valence-corrected chi connectivity index (χ2v) is 3.04. The first-order valence-corrected chi connectivity index (χ1v) is 4.24. The van der Waals surface area contributed by atoms with Gasteiger partial charge in [0.05, 0.1) is 5.88 Å². The van der Waals surface area contributed by atoms with Crippen LogP contribution in [0.1, 0.15) is 5.56 Å². The van der Waals surface area contributed by atoms with Crippen LogP contribution in [0.25, 0.3) is 10.9 Å². The molecule has 0 spiro atoms. The van der Waals surface area contributed by atoms with Crippen molar-refractivity contribution in [1.82, 2.24) is 4.57 Å². The third kappa shape index (κ3) is 1.01. The Kier molecular flexibility index (Phi) is 1.81. The number of hydrogen-bond acceptors (Lipinski definition) is 0. The molecule has 1 nitrogen and oxygen atoms in total. The molecule has 0 saturated carbocycles. The lowest BCUT2D eigenvalue weighted by molar-refractivity contribution is 0.966. The third-order valence-electron chi connectivity index (χ3n) is 2.05. The first kappa shape index (κ1) is 7.69. The van der Waals surface area contributed by atoms with Crippen molar-refractivity contribution in [2.75, 3.05) is 0 Å². The molecule has 0 saturated heterocycles. The summed E-state index contributed by atoms with van der Waals surface area (Å²) >= 11 is 5.68. The first-order chi connectivity index (χ1) is 5.83. The largest absolute Gasteiger partial charge is 0.350 e. The SMILES string of the molecule is Cn1cc([CH]Cl)c2ccccc21. The molecule has 0 atom stereocenters. The maximum absolute atomic E-state index is 5.68. The smallest absolute Gasteiger partial charge is 0.0811 e. The Labute approximate surface area is 76.6 Å². The summed E-state index contributed by atoms with van der Waals surface area (Å²) in [6, 6.07) is 8.20. The van der Waals surface area contributed by atoms with E-state index in [1.165, 1.54) is 10.9 Å². The number of aromatic nitrogens is 1. The molecule has 1 aromatic carbocycles. The van der Waals surface area contributed by atoms with E-state index in [2.05, 4.69) is 16.7 Å². The van der Waals surface area contributed by atoms with Crippen molar-refractivity contribution < 1.29 is 0 Å². The van der Waals surface area contributed by atoms with E-state index in [1.807, 2.05) is 25.4 Å². The quantitative estimate of drug-likeness (QED) is 0.633. The fraction of sp³-hybridized carbons (Fsp3) is 0.100. The van der Waals surface area contributed by atoms with E-state index >= 15 is 0 Å². The van der Waals surface area contributed by atoms with Gasteiger partial charge in [0.15, 0.2) is 0 Å². The van der Waals surface area contributed by atoms with Crippen LogP contribution in [-0.4, -0.2) is 4.57 Å². The fourth-order valence-corrected chi connectivity index (χ4v) is 1.63. The lowest BCUT2D eigenvalue weighted by Gasteiger charge is -1.92. The highest BCUT2D eigenvalue weighted by atomic mass is 35.5. The molecule has 2 heteroatoms. The third-order valence-corrected chi connectivity index (χ3v) is 2.28. The van der Waals surface area contributed by atoms with E-state index in [0.717, 1.165) is 5.56 Å². The van der Waals surface area contributed by atoms with Crippen LogP contribution in [-0.2, 0) is 7.05 Å². The predicted molar refractivity (Wildman–Crippen MR) is 52.2 cm³/mol. The van der Waals surface area contributed by atoms with Gasteiger partial charge in [-0.25, -0.2) is 0 Å². The molecule has 61 valence electrons. The van der Waals surface area contributed by atoms with Crippen LogP contribution in [0.4, 0.5) is 0 Å². The molecule has 0 aliphatic rings. The lowest BCUT2D eigenvalue weighted by Crippen LogP contribution is -1.81. The van der Waals surface area contributed by atoms with Crippen molar-refractivity contribution in [3.63, 3.8) is 0 Å². The highest BCUT2D eigenvalue weighted by Gasteiger charge is 2.03. The van der Waals surface area contributed by atoms with Crippen LogP contribution in [0.2, 0.25) is 0 Å². The van der Waals surface area contributed by atoms with Gasteiger partial charge in [-0.3, -0.25) is 0 Å². The second-order valence-electron chi connectivity index (χ2n) is 2.82. The zero-order valence-corrected chi connectivity index (χ0v) is 7.55. The van der Waals surface area contributed by atoms with Gasteiger partial charge in [0, 0.05) is 24.1 Å². The van der Waals surface area contributed by atoms with E-state index in [-0.39, 0.29) is 0 Å². The zero-order valence-electron chi connectivity index (χ0n) is 6.79. The van der Waals surface area contributed by atoms with E-state index in [9.17, 15) is 0 Å². The summed E-state index contributed by atoms with van der Waals surface area (Å²) < 4.78 is 2.07. The van der Waals surface area contributed by atoms with Gasteiger partial charge in [0.2, 0.25) is 0 Å². The summed E-state index contributed by atoms with van der Waals surface area (Å²) in [5.41, 5.74) is 2.29. The van der Waals surface area contributed by atoms with Gasteiger partial charge in [0.1, 0.15) is 0 Å². The van der Waals surface area contributed by atoms with Crippen molar-refractivity contribution in [2.24, 2.45) is 7.05 Å². The average Bonchev–Trinajstić information content (AvgIpc) is 2.44. The zero-order chi connectivity index (χ0) is 8.55. The van der Waals surface area contributed by atoms with E-state index < -0.39 is 0 Å². The highest BCUT2D eigenvalue weighted by molar-refractivity contribution is 6.26. The number of aryl methyl sites for hydroxylation is 1. The van der Waals surface area contributed by atoms with E-state index in [4.69, 9.17) is 11.6 Å². The molecule has 0 aliphatic carbocycles. The Hall–Kier alpha value is -0.950. The molecule has 1 radical (unpaired) electrons. The molecule has 0 unspecified atom stereocenters. The minimum Gasteiger partial charge on any atom is -0.350 e. The van der Waals surface area contributed by atoms with Crippen LogP contribution in [0, 0.1) is 5.88 Å². The molecular weight excluding hydrogens is 170 g/mol. The Balaban J connectivity index is 2.82. The van der Waals surface area contributed by atoms with Crippen molar-refractivity contribution in [3.8, 4) is 0 Å². The van der Waals surface area contributed by atoms with Crippen LogP contribution in [0.3, 0.4) is 0 Å². The normalized spacial score (nSPS) is 10.8. The molecule has 0 fully saturated rings. The summed E-state index contributed by atoms with van der Waals surface area (Å²) in [4.78, 5) is 0. The van der Waals surface area contributed by atoms with Gasteiger partial charge in [-0.2, -0.15) is 0 Å². The molecule has 0 bridgehead atoms. The van der Waals surface area contributed by atoms with Gasteiger partial charge in [0.25, 0.3) is 0 Å². The Bertz CT molecular complexity index is 403. The van der Waals surface area contributed by atoms with Crippen LogP contribution in [0.5, 0.6) is 0 Å². The number of nitrogens with zero attached hydrogens (tertiary/aromatic N) is 1. The predicted octanol–water partition coefficient (Wildman–Crippen LogP) is 2.93. The minimum atomic E-state index is 1.08. The fourth-order valence-electron chi connectivity index (χ4n) is 1.46. The average molecular weight is 179 g/mol. The Morgan fingerprint density at radius 1 is 1.33 bits per heavy atom. The number of para-hydroxylation sites is 1. The monoisotopic (exact) mass is 178 g/mol. The van der Waals surface area contributed by atoms with Gasteiger partial charge in [-0.15, -0.1) is 11.6 Å². The maximum atomic E-state index is 5.68. The molecule has 0 aliphatic heterocycles. The number of rotatable bonds is 1. The van der Waals surface area contributed by atoms with Gasteiger partial charge >= 0.3 is 0 Å². The van der Waals surface area contributed by atoms with Gasteiger partial charge < -0.3 is 4.57 Å². The number of halogens is 1. The molecular formula is C10H9ClN. The van der Waals surface area contributed by atoms with Crippen LogP contribution < -0.4 is 0 Å². The first-order valence-electron chi connectivity index (χ1n) is 3.80. The molecule has 0 amide bonds. The van der Waals surface area contributed by atoms with Crippen molar-refractivity contribution in [3.05, 3.63) is 41.9 Å². The van der Waals surface area contributed by atoms with Gasteiger partial charge in [-0.1, -0.05) is 18.2 Å². The second kappa shape index (κ2) is 2.83. The summed E-state index contributed by atoms with van der Waals surface area (Å²) in [6.07, 6.45) is 2.03. The van der Waals surface area contributed by atoms with Crippen molar-refractivity contribution >= 4 is 22.5 Å². The molecule has 2 rings (SSSR count). The van der Waals surface area contributed by atoms with E-state index in [1.54, 1.807) is 5.88 Å². The summed E-state index contributed by atoms with van der Waals surface area (Å²) in [5, 5.41) is 1.20. The standard InChI is InChI=1S/C10H9ClN/c1-12-7-8(6-11)9-4-2-3-5-10(9)12/h2-7H,1H3. The number of hydrogen-bond donors (Lipinski definition) is 0. The Morgan fingerprint density at radius 2 is 2.08 bits per heavy atom. The van der Waals surface area contributed by atoms with Crippen LogP contribution in [0.15, 0.2) is 30.5 Å². The Morgan fingerprint density at radius 3 is 2.83 bits per heavy atom. The molecule has 1 heterocycles. The van der Waals surface area contributed by atoms with Crippen molar-refractivity contribution in [1.29, 1.82) is 0 Å². The molecule has 12 heavy (non-hydrogen) atoms. The number of fused-ring (bicyclic) bond motifs is 1. The van der Waals surface area contributed by atoms with Crippen LogP contribution >= 0.6 is 11.6 Å². The summed E-state index contributed by atoms with van der Waals surface area (Å²) in [7, 11) is 2.02. The maximum Gasteiger partial charge on any atom is 0.0811 e. The summed E-state index contributed by atoms with van der Waals surface area (Å²) in [6.45, 7) is 0. The molecule has 1 aromatic heterocycles. The van der Waals surface area contributed by atoms with Crippen molar-refractivity contribution in [2.45, 2.75) is 0 Å². The lowest BCUT2D eigenvalue weighted by atomic mass is 10.2. The minimum absolute atomic E-state index is 1.08. The molecule has 2 aromatic rings. The summed E-state index contributed by atoms with van der Waals surface area (Å²) in [5.74, 6) is 1.61. The topological polar surface area (TPSA) is 4.93 Å². The highest BCUT2D eigenvalue weighted by Crippen LogP contribution is 2.22. The number of benzene rings is 1. The molecule has 0 N–H and O–H groups in total. The van der Waals surface area contributed by atoms with E-state index in [0.29, 0.717) is 0 Å².